The van der Waals surface area contributed by atoms with E-state index < -0.39 is 12.0 Å². The van der Waals surface area contributed by atoms with Gasteiger partial charge in [-0.25, -0.2) is 15.0 Å². The Kier molecular flexibility index (Phi) is 5.11. The Bertz CT molecular complexity index is 714. The van der Waals surface area contributed by atoms with Gasteiger partial charge in [-0.3, -0.25) is 0 Å². The van der Waals surface area contributed by atoms with Crippen molar-refractivity contribution in [3.05, 3.63) is 64.7 Å². The van der Waals surface area contributed by atoms with Crippen molar-refractivity contribution < 1.29 is 14.3 Å². The van der Waals surface area contributed by atoms with E-state index in [0.717, 1.165) is 0 Å². The fourth-order valence-corrected chi connectivity index (χ4v) is 1.71. The molecule has 0 aromatic heterocycles. The summed E-state index contributed by atoms with van der Waals surface area (Å²) in [6.45, 7) is 0. The molecule has 0 aliphatic carbocycles. The molecule has 0 heterocycles. The van der Waals surface area contributed by atoms with Crippen LogP contribution in [0, 0.1) is 0 Å². The Morgan fingerprint density at radius 3 is 2.59 bits per heavy atom. The summed E-state index contributed by atoms with van der Waals surface area (Å²) < 4.78 is 5.25. The molecule has 0 saturated heterocycles. The van der Waals surface area contributed by atoms with E-state index in [9.17, 15) is 9.59 Å². The zero-order valence-corrected chi connectivity index (χ0v) is 12.1. The number of primary amides is 1. The predicted octanol–water partition coefficient (Wildman–Crippen LogP) is 2.56. The molecule has 0 unspecified atom stereocenters. The first-order chi connectivity index (χ1) is 10.5. The van der Waals surface area contributed by atoms with E-state index in [0.29, 0.717) is 21.9 Å². The average Bonchev–Trinajstić information content (AvgIpc) is 2.48. The SMILES string of the molecule is NC(=O)N/N=C\c1cccc(OC(=O)c2ccc(Cl)cc2)c1. The lowest BCUT2D eigenvalue weighted by molar-refractivity contribution is 0.0735. The van der Waals surface area contributed by atoms with E-state index in [1.165, 1.54) is 6.21 Å². The van der Waals surface area contributed by atoms with Crippen LogP contribution in [0.3, 0.4) is 0 Å². The van der Waals surface area contributed by atoms with Crippen molar-refractivity contribution >= 4 is 29.8 Å². The predicted molar refractivity (Wildman–Crippen MR) is 83.2 cm³/mol. The molecule has 0 aliphatic heterocycles. The van der Waals surface area contributed by atoms with Crippen LogP contribution in [0.15, 0.2) is 53.6 Å². The Balaban J connectivity index is 2.06. The molecule has 2 aromatic rings. The van der Waals surface area contributed by atoms with Crippen molar-refractivity contribution in [3.63, 3.8) is 0 Å². The molecule has 2 amide bonds. The molecule has 0 atom stereocenters. The van der Waals surface area contributed by atoms with Crippen LogP contribution in [0.4, 0.5) is 4.79 Å². The molecule has 0 spiro atoms. The van der Waals surface area contributed by atoms with Crippen molar-refractivity contribution in [1.29, 1.82) is 0 Å². The number of ether oxygens (including phenoxy) is 1. The third-order valence-corrected chi connectivity index (χ3v) is 2.79. The second-order valence-corrected chi connectivity index (χ2v) is 4.64. The molecule has 0 saturated carbocycles. The Morgan fingerprint density at radius 1 is 1.18 bits per heavy atom. The standard InChI is InChI=1S/C15H12ClN3O3/c16-12-6-4-11(5-7-12)14(20)22-13-3-1-2-10(8-13)9-18-19-15(17)21/h1-9H,(H3,17,19,21)/b18-9-. The number of amides is 2. The highest BCUT2D eigenvalue weighted by Crippen LogP contribution is 2.15. The Morgan fingerprint density at radius 2 is 1.91 bits per heavy atom. The van der Waals surface area contributed by atoms with Crippen molar-refractivity contribution in [2.75, 3.05) is 0 Å². The molecule has 112 valence electrons. The van der Waals surface area contributed by atoms with Crippen LogP contribution < -0.4 is 15.9 Å². The zero-order valence-electron chi connectivity index (χ0n) is 11.3. The third kappa shape index (κ3) is 4.60. The van der Waals surface area contributed by atoms with E-state index in [-0.39, 0.29) is 0 Å². The maximum Gasteiger partial charge on any atom is 0.343 e. The van der Waals surface area contributed by atoms with Crippen molar-refractivity contribution in [2.24, 2.45) is 10.8 Å². The summed E-state index contributed by atoms with van der Waals surface area (Å²) in [5.41, 5.74) is 7.98. The smallest absolute Gasteiger partial charge is 0.343 e. The van der Waals surface area contributed by atoms with Crippen LogP contribution in [0.5, 0.6) is 5.75 Å². The average molecular weight is 318 g/mol. The monoisotopic (exact) mass is 317 g/mol. The van der Waals surface area contributed by atoms with Crippen molar-refractivity contribution in [2.45, 2.75) is 0 Å². The number of nitrogens with one attached hydrogen (secondary N) is 1. The number of halogens is 1. The molecular formula is C15H12ClN3O3. The highest BCUT2D eigenvalue weighted by molar-refractivity contribution is 6.30. The lowest BCUT2D eigenvalue weighted by Crippen LogP contribution is -2.24. The van der Waals surface area contributed by atoms with Gasteiger partial charge in [0.1, 0.15) is 5.75 Å². The minimum absolute atomic E-state index is 0.350. The van der Waals surface area contributed by atoms with Gasteiger partial charge >= 0.3 is 12.0 Å². The van der Waals surface area contributed by atoms with Gasteiger partial charge in [-0.15, -0.1) is 0 Å². The van der Waals surface area contributed by atoms with Gasteiger partial charge in [-0.2, -0.15) is 5.10 Å². The van der Waals surface area contributed by atoms with Crippen LogP contribution in [0.1, 0.15) is 15.9 Å². The van der Waals surface area contributed by atoms with Crippen molar-refractivity contribution in [1.82, 2.24) is 5.43 Å². The zero-order chi connectivity index (χ0) is 15.9. The number of carbonyl (C=O) groups is 2. The number of hydrogen-bond donors (Lipinski definition) is 2. The van der Waals surface area contributed by atoms with E-state index in [4.69, 9.17) is 22.1 Å². The number of nitrogens with two attached hydrogens (primary N) is 1. The number of hydrazone groups is 1. The molecule has 2 aromatic carbocycles. The number of esters is 1. The summed E-state index contributed by atoms with van der Waals surface area (Å²) in [6, 6.07) is 12.3. The van der Waals surface area contributed by atoms with Gasteiger partial charge in [0.15, 0.2) is 0 Å². The lowest BCUT2D eigenvalue weighted by Gasteiger charge is -2.05. The van der Waals surface area contributed by atoms with E-state index >= 15 is 0 Å². The largest absolute Gasteiger partial charge is 0.423 e. The summed E-state index contributed by atoms with van der Waals surface area (Å²) in [5, 5.41) is 4.16. The summed E-state index contributed by atoms with van der Waals surface area (Å²) in [5.74, 6) is -0.149. The number of rotatable bonds is 4. The quantitative estimate of drug-likeness (QED) is 0.393. The molecule has 0 fully saturated rings. The number of hydrogen-bond acceptors (Lipinski definition) is 4. The Labute approximate surface area is 131 Å². The summed E-state index contributed by atoms with van der Waals surface area (Å²) in [6.07, 6.45) is 1.38. The van der Waals surface area contributed by atoms with Gasteiger partial charge in [-0.05, 0) is 42.0 Å². The van der Waals surface area contributed by atoms with Crippen LogP contribution in [0.25, 0.3) is 0 Å². The molecular weight excluding hydrogens is 306 g/mol. The van der Waals surface area contributed by atoms with Crippen LogP contribution in [-0.2, 0) is 0 Å². The van der Waals surface area contributed by atoms with Gasteiger partial charge in [0, 0.05) is 5.02 Å². The van der Waals surface area contributed by atoms with Crippen LogP contribution in [-0.4, -0.2) is 18.2 Å². The molecule has 2 rings (SSSR count). The fraction of sp³-hybridized carbons (Fsp3) is 0. The van der Waals surface area contributed by atoms with Gasteiger partial charge in [0.2, 0.25) is 0 Å². The van der Waals surface area contributed by atoms with Gasteiger partial charge < -0.3 is 10.5 Å². The summed E-state index contributed by atoms with van der Waals surface area (Å²) in [7, 11) is 0. The van der Waals surface area contributed by atoms with Crippen LogP contribution in [0.2, 0.25) is 5.02 Å². The first kappa shape index (κ1) is 15.5. The van der Waals surface area contributed by atoms with Crippen LogP contribution >= 0.6 is 11.6 Å². The maximum atomic E-state index is 12.0. The highest BCUT2D eigenvalue weighted by atomic mass is 35.5. The van der Waals surface area contributed by atoms with Gasteiger partial charge in [-0.1, -0.05) is 23.7 Å². The summed E-state index contributed by atoms with van der Waals surface area (Å²) in [4.78, 5) is 22.5. The highest BCUT2D eigenvalue weighted by Gasteiger charge is 2.08. The number of nitrogens with zero attached hydrogens (tertiary/aromatic N) is 1. The van der Waals surface area contributed by atoms with E-state index in [1.807, 2.05) is 0 Å². The van der Waals surface area contributed by atoms with Gasteiger partial charge in [0.25, 0.3) is 0 Å². The van der Waals surface area contributed by atoms with E-state index in [2.05, 4.69) is 10.5 Å². The second kappa shape index (κ2) is 7.24. The first-order valence-corrected chi connectivity index (χ1v) is 6.59. The molecule has 6 nitrogen and oxygen atoms in total. The lowest BCUT2D eigenvalue weighted by atomic mass is 10.2. The Hall–Kier alpha value is -2.86. The maximum absolute atomic E-state index is 12.0. The second-order valence-electron chi connectivity index (χ2n) is 4.20. The first-order valence-electron chi connectivity index (χ1n) is 6.21. The molecule has 22 heavy (non-hydrogen) atoms. The van der Waals surface area contributed by atoms with Crippen molar-refractivity contribution in [3.8, 4) is 5.75 Å². The van der Waals surface area contributed by atoms with Gasteiger partial charge in [0.05, 0.1) is 11.8 Å². The molecule has 3 N–H and O–H groups in total. The normalized spacial score (nSPS) is 10.4. The topological polar surface area (TPSA) is 93.8 Å². The minimum atomic E-state index is -0.762. The molecule has 0 bridgehead atoms. The number of benzene rings is 2. The number of carbonyl (C=O) groups excluding carboxylic acids is 2. The molecule has 7 heteroatoms. The number of urea groups is 1. The fourth-order valence-electron chi connectivity index (χ4n) is 1.58. The molecule has 0 aliphatic rings. The minimum Gasteiger partial charge on any atom is -0.423 e. The third-order valence-electron chi connectivity index (χ3n) is 2.54. The molecule has 0 radical (unpaired) electrons. The van der Waals surface area contributed by atoms with E-state index in [1.54, 1.807) is 48.5 Å². The summed E-state index contributed by atoms with van der Waals surface area (Å²) >= 11 is 5.76.